The van der Waals surface area contributed by atoms with Crippen molar-refractivity contribution in [3.8, 4) is 0 Å². The number of nitrogens with one attached hydrogen (secondary N) is 1. The van der Waals surface area contributed by atoms with E-state index in [1.165, 1.54) is 18.7 Å². The Morgan fingerprint density at radius 1 is 1.19 bits per heavy atom. The van der Waals surface area contributed by atoms with Crippen LogP contribution in [-0.4, -0.2) is 29.6 Å². The molecule has 21 heavy (non-hydrogen) atoms. The summed E-state index contributed by atoms with van der Waals surface area (Å²) in [5, 5.41) is 11.2. The molecular formula is C15H20N2O4. The molecule has 0 saturated heterocycles. The Bertz CT molecular complexity index is 526. The van der Waals surface area contributed by atoms with Gasteiger partial charge in [-0.3, -0.25) is 19.8 Å². The van der Waals surface area contributed by atoms with E-state index >= 15 is 0 Å². The van der Waals surface area contributed by atoms with E-state index < -0.39 is 23.3 Å². The SMILES string of the molecule is CCN(C(=O)NC(=O)CC(C)(C)C(=O)O)c1ccccc1. The molecule has 0 bridgehead atoms. The Hall–Kier alpha value is -2.37. The van der Waals surface area contributed by atoms with Gasteiger partial charge in [0.1, 0.15) is 0 Å². The van der Waals surface area contributed by atoms with E-state index in [-0.39, 0.29) is 6.42 Å². The average Bonchev–Trinajstić information content (AvgIpc) is 2.39. The smallest absolute Gasteiger partial charge is 0.328 e. The van der Waals surface area contributed by atoms with Gasteiger partial charge in [-0.1, -0.05) is 18.2 Å². The summed E-state index contributed by atoms with van der Waals surface area (Å²) in [6.45, 7) is 5.06. The van der Waals surface area contributed by atoms with E-state index in [1.807, 2.05) is 6.07 Å². The monoisotopic (exact) mass is 292 g/mol. The maximum atomic E-state index is 12.1. The zero-order valence-corrected chi connectivity index (χ0v) is 12.4. The molecule has 3 amide bonds. The number of carboxylic acids is 1. The molecule has 0 heterocycles. The second kappa shape index (κ2) is 6.88. The van der Waals surface area contributed by atoms with Gasteiger partial charge in [-0.2, -0.15) is 0 Å². The average molecular weight is 292 g/mol. The van der Waals surface area contributed by atoms with Crippen LogP contribution in [0.4, 0.5) is 10.5 Å². The molecule has 6 heteroatoms. The second-order valence-corrected chi connectivity index (χ2v) is 5.30. The molecule has 0 radical (unpaired) electrons. The predicted molar refractivity (Wildman–Crippen MR) is 79.0 cm³/mol. The third-order valence-corrected chi connectivity index (χ3v) is 3.06. The van der Waals surface area contributed by atoms with Crippen molar-refractivity contribution in [3.63, 3.8) is 0 Å². The van der Waals surface area contributed by atoms with E-state index in [4.69, 9.17) is 5.11 Å². The fraction of sp³-hybridized carbons (Fsp3) is 0.400. The van der Waals surface area contributed by atoms with Crippen LogP contribution in [0.1, 0.15) is 27.2 Å². The normalized spacial score (nSPS) is 10.8. The van der Waals surface area contributed by atoms with Crippen LogP contribution in [0.2, 0.25) is 0 Å². The topological polar surface area (TPSA) is 86.7 Å². The Labute approximate surface area is 123 Å². The van der Waals surface area contributed by atoms with Crippen molar-refractivity contribution in [1.82, 2.24) is 5.32 Å². The Morgan fingerprint density at radius 3 is 2.24 bits per heavy atom. The highest BCUT2D eigenvalue weighted by atomic mass is 16.4. The number of para-hydroxylation sites is 1. The molecule has 0 saturated carbocycles. The number of aliphatic carboxylic acids is 1. The first-order valence-corrected chi connectivity index (χ1v) is 6.67. The van der Waals surface area contributed by atoms with Crippen LogP contribution in [0.3, 0.4) is 0 Å². The Kier molecular flexibility index (Phi) is 5.46. The zero-order valence-electron chi connectivity index (χ0n) is 12.4. The van der Waals surface area contributed by atoms with Crippen LogP contribution in [0.15, 0.2) is 30.3 Å². The fourth-order valence-corrected chi connectivity index (χ4v) is 1.76. The summed E-state index contributed by atoms with van der Waals surface area (Å²) in [4.78, 5) is 36.3. The van der Waals surface area contributed by atoms with Gasteiger partial charge in [-0.15, -0.1) is 0 Å². The lowest BCUT2D eigenvalue weighted by Crippen LogP contribution is -2.44. The van der Waals surface area contributed by atoms with Crippen LogP contribution in [0.5, 0.6) is 0 Å². The van der Waals surface area contributed by atoms with Crippen LogP contribution >= 0.6 is 0 Å². The number of benzene rings is 1. The number of carbonyl (C=O) groups excluding carboxylic acids is 2. The lowest BCUT2D eigenvalue weighted by molar-refractivity contribution is -0.149. The van der Waals surface area contributed by atoms with E-state index in [1.54, 1.807) is 31.2 Å². The zero-order chi connectivity index (χ0) is 16.0. The van der Waals surface area contributed by atoms with Gasteiger partial charge in [0.25, 0.3) is 0 Å². The maximum absolute atomic E-state index is 12.1. The number of hydrogen-bond donors (Lipinski definition) is 2. The fourth-order valence-electron chi connectivity index (χ4n) is 1.76. The number of hydrogen-bond acceptors (Lipinski definition) is 3. The van der Waals surface area contributed by atoms with E-state index in [9.17, 15) is 14.4 Å². The third kappa shape index (κ3) is 4.59. The number of amides is 3. The summed E-state index contributed by atoms with van der Waals surface area (Å²) >= 11 is 0. The van der Waals surface area contributed by atoms with Gasteiger partial charge in [-0.25, -0.2) is 4.79 Å². The molecule has 0 unspecified atom stereocenters. The molecule has 0 atom stereocenters. The quantitative estimate of drug-likeness (QED) is 0.871. The summed E-state index contributed by atoms with van der Waals surface area (Å²) in [5.74, 6) is -1.69. The molecule has 0 aliphatic rings. The number of urea groups is 1. The van der Waals surface area contributed by atoms with Gasteiger partial charge < -0.3 is 5.11 Å². The first kappa shape index (κ1) is 16.7. The minimum absolute atomic E-state index is 0.263. The highest BCUT2D eigenvalue weighted by Gasteiger charge is 2.31. The van der Waals surface area contributed by atoms with Gasteiger partial charge in [0.2, 0.25) is 5.91 Å². The predicted octanol–water partition coefficient (Wildman–Crippen LogP) is 2.25. The maximum Gasteiger partial charge on any atom is 0.328 e. The van der Waals surface area contributed by atoms with Crippen LogP contribution < -0.4 is 10.2 Å². The van der Waals surface area contributed by atoms with Crippen molar-refractivity contribution >= 4 is 23.6 Å². The molecule has 0 aliphatic heterocycles. The largest absolute Gasteiger partial charge is 0.481 e. The molecule has 1 rings (SSSR count). The van der Waals surface area contributed by atoms with E-state index in [0.717, 1.165) is 0 Å². The van der Waals surface area contributed by atoms with Crippen LogP contribution in [0.25, 0.3) is 0 Å². The number of imide groups is 1. The summed E-state index contributed by atoms with van der Waals surface area (Å²) in [6.07, 6.45) is -0.263. The van der Waals surface area contributed by atoms with Crippen molar-refractivity contribution in [2.75, 3.05) is 11.4 Å². The standard InChI is InChI=1S/C15H20N2O4/c1-4-17(11-8-6-5-7-9-11)14(21)16-12(18)10-15(2,3)13(19)20/h5-9H,4,10H2,1-3H3,(H,19,20)(H,16,18,21). The van der Waals surface area contributed by atoms with Gasteiger partial charge in [0.15, 0.2) is 0 Å². The minimum Gasteiger partial charge on any atom is -0.481 e. The number of carboxylic acid groups (broad SMARTS) is 1. The second-order valence-electron chi connectivity index (χ2n) is 5.30. The highest BCUT2D eigenvalue weighted by Crippen LogP contribution is 2.20. The molecule has 6 nitrogen and oxygen atoms in total. The first-order valence-electron chi connectivity index (χ1n) is 6.67. The Balaban J connectivity index is 2.71. The molecule has 0 fully saturated rings. The third-order valence-electron chi connectivity index (χ3n) is 3.06. The summed E-state index contributed by atoms with van der Waals surface area (Å²) in [5.41, 5.74) is -0.545. The minimum atomic E-state index is -1.21. The van der Waals surface area contributed by atoms with E-state index in [0.29, 0.717) is 12.2 Å². The lowest BCUT2D eigenvalue weighted by atomic mass is 9.89. The van der Waals surface area contributed by atoms with Crippen molar-refractivity contribution in [1.29, 1.82) is 0 Å². The van der Waals surface area contributed by atoms with Gasteiger partial charge in [0.05, 0.1) is 5.41 Å². The highest BCUT2D eigenvalue weighted by molar-refractivity contribution is 6.03. The van der Waals surface area contributed by atoms with E-state index in [2.05, 4.69) is 5.32 Å². The number of anilines is 1. The number of nitrogens with zero attached hydrogens (tertiary/aromatic N) is 1. The van der Waals surface area contributed by atoms with Crippen molar-refractivity contribution in [3.05, 3.63) is 30.3 Å². The lowest BCUT2D eigenvalue weighted by Gasteiger charge is -2.22. The van der Waals surface area contributed by atoms with Crippen LogP contribution in [-0.2, 0) is 9.59 Å². The molecule has 0 aromatic heterocycles. The number of carbonyl (C=O) groups is 3. The molecule has 2 N–H and O–H groups in total. The number of rotatable bonds is 5. The Morgan fingerprint density at radius 2 is 1.76 bits per heavy atom. The first-order chi connectivity index (χ1) is 9.77. The van der Waals surface area contributed by atoms with Crippen LogP contribution in [0, 0.1) is 5.41 Å². The van der Waals surface area contributed by atoms with Crippen molar-refractivity contribution in [2.24, 2.45) is 5.41 Å². The molecule has 1 aromatic rings. The molecule has 1 aromatic carbocycles. The van der Waals surface area contributed by atoms with Gasteiger partial charge >= 0.3 is 12.0 Å². The summed E-state index contributed by atoms with van der Waals surface area (Å²) < 4.78 is 0. The summed E-state index contributed by atoms with van der Waals surface area (Å²) in [7, 11) is 0. The molecule has 0 spiro atoms. The van der Waals surface area contributed by atoms with Crippen molar-refractivity contribution < 1.29 is 19.5 Å². The molecule has 0 aliphatic carbocycles. The molecule has 114 valence electrons. The molecular weight excluding hydrogens is 272 g/mol. The van der Waals surface area contributed by atoms with Gasteiger partial charge in [0, 0.05) is 18.7 Å². The summed E-state index contributed by atoms with van der Waals surface area (Å²) in [6, 6.07) is 8.37. The van der Waals surface area contributed by atoms with Crippen molar-refractivity contribution in [2.45, 2.75) is 27.2 Å². The van der Waals surface area contributed by atoms with Gasteiger partial charge in [-0.05, 0) is 32.9 Å².